The van der Waals surface area contributed by atoms with Gasteiger partial charge in [-0.05, 0) is 48.2 Å². The Kier molecular flexibility index (Phi) is 4.35. The molecule has 2 atom stereocenters. The van der Waals surface area contributed by atoms with Crippen LogP contribution in [0.4, 0.5) is 13.2 Å². The summed E-state index contributed by atoms with van der Waals surface area (Å²) in [6.07, 6.45) is 2.64. The molecular weight excluding hydrogens is 327 g/mol. The van der Waals surface area contributed by atoms with Gasteiger partial charge in [0, 0.05) is 24.5 Å². The highest BCUT2D eigenvalue weighted by Gasteiger charge is 2.54. The van der Waals surface area contributed by atoms with Crippen molar-refractivity contribution in [1.29, 1.82) is 0 Å². The lowest BCUT2D eigenvalue weighted by molar-refractivity contribution is -0.149. The number of thioether (sulfide) groups is 1. The molecule has 126 valence electrons. The van der Waals surface area contributed by atoms with Crippen LogP contribution >= 0.6 is 11.8 Å². The SMILES string of the molecule is O=C(O)[C@@]12CCC[C@H]1CN(Cc1ccc(SC(F)(F)F)cc1)C2. The van der Waals surface area contributed by atoms with E-state index in [0.29, 0.717) is 13.1 Å². The summed E-state index contributed by atoms with van der Waals surface area (Å²) >= 11 is -0.122. The van der Waals surface area contributed by atoms with Crippen LogP contribution in [-0.2, 0) is 11.3 Å². The zero-order chi connectivity index (χ0) is 16.7. The second-order valence-corrected chi connectivity index (χ2v) is 7.55. The van der Waals surface area contributed by atoms with Gasteiger partial charge in [0.2, 0.25) is 0 Å². The Morgan fingerprint density at radius 2 is 2.04 bits per heavy atom. The minimum Gasteiger partial charge on any atom is -0.481 e. The molecular formula is C16H18F3NO2S. The van der Waals surface area contributed by atoms with Crippen LogP contribution in [0.3, 0.4) is 0 Å². The van der Waals surface area contributed by atoms with E-state index in [1.807, 2.05) is 0 Å². The van der Waals surface area contributed by atoms with Crippen LogP contribution < -0.4 is 0 Å². The van der Waals surface area contributed by atoms with Crippen molar-refractivity contribution in [2.24, 2.45) is 11.3 Å². The largest absolute Gasteiger partial charge is 0.481 e. The second kappa shape index (κ2) is 6.02. The number of hydrogen-bond acceptors (Lipinski definition) is 3. The van der Waals surface area contributed by atoms with Crippen LogP contribution in [0.15, 0.2) is 29.2 Å². The molecule has 1 saturated carbocycles. The number of nitrogens with zero attached hydrogens (tertiary/aromatic N) is 1. The molecule has 0 aromatic heterocycles. The number of carboxylic acid groups (broad SMARTS) is 1. The van der Waals surface area contributed by atoms with Gasteiger partial charge in [0.25, 0.3) is 0 Å². The molecule has 3 nitrogen and oxygen atoms in total. The van der Waals surface area contributed by atoms with Gasteiger partial charge < -0.3 is 5.11 Å². The number of halogens is 3. The molecule has 0 bridgehead atoms. The fraction of sp³-hybridized carbons (Fsp3) is 0.562. The third kappa shape index (κ3) is 3.50. The third-order valence-electron chi connectivity index (χ3n) is 4.93. The first-order valence-corrected chi connectivity index (χ1v) is 8.41. The highest BCUT2D eigenvalue weighted by molar-refractivity contribution is 8.00. The molecule has 2 fully saturated rings. The number of carbonyl (C=O) groups is 1. The van der Waals surface area contributed by atoms with E-state index in [9.17, 15) is 23.1 Å². The maximum Gasteiger partial charge on any atom is 0.446 e. The molecule has 1 heterocycles. The molecule has 1 aromatic carbocycles. The standard InChI is InChI=1S/C16H18F3NO2S/c17-16(18,19)23-13-5-3-11(4-6-13)8-20-9-12-2-1-7-15(12,10-20)14(21)22/h3-6,12H,1-2,7-10H2,(H,21,22)/t12-,15+/m0/s1. The highest BCUT2D eigenvalue weighted by Crippen LogP contribution is 2.49. The zero-order valence-corrected chi connectivity index (χ0v) is 13.3. The summed E-state index contributed by atoms with van der Waals surface area (Å²) in [5.74, 6) is -0.514. The summed E-state index contributed by atoms with van der Waals surface area (Å²) < 4.78 is 37.0. The summed E-state index contributed by atoms with van der Waals surface area (Å²) in [6.45, 7) is 1.87. The molecule has 7 heteroatoms. The van der Waals surface area contributed by atoms with Crippen molar-refractivity contribution in [3.63, 3.8) is 0 Å². The Morgan fingerprint density at radius 3 is 2.61 bits per heavy atom. The molecule has 2 aliphatic rings. The van der Waals surface area contributed by atoms with Gasteiger partial charge in [0.1, 0.15) is 0 Å². The van der Waals surface area contributed by atoms with Gasteiger partial charge in [-0.3, -0.25) is 9.69 Å². The van der Waals surface area contributed by atoms with E-state index >= 15 is 0 Å². The van der Waals surface area contributed by atoms with E-state index in [1.54, 1.807) is 12.1 Å². The smallest absolute Gasteiger partial charge is 0.446 e. The van der Waals surface area contributed by atoms with Gasteiger partial charge in [-0.1, -0.05) is 18.6 Å². The molecule has 23 heavy (non-hydrogen) atoms. The second-order valence-electron chi connectivity index (χ2n) is 6.41. The fourth-order valence-electron chi connectivity index (χ4n) is 3.92. The fourth-order valence-corrected chi connectivity index (χ4v) is 4.46. The van der Waals surface area contributed by atoms with Crippen LogP contribution in [0, 0.1) is 11.3 Å². The van der Waals surface area contributed by atoms with Crippen molar-refractivity contribution < 1.29 is 23.1 Å². The monoisotopic (exact) mass is 345 g/mol. The Morgan fingerprint density at radius 1 is 1.35 bits per heavy atom. The summed E-state index contributed by atoms with van der Waals surface area (Å²) in [7, 11) is 0. The number of aliphatic carboxylic acids is 1. The summed E-state index contributed by atoms with van der Waals surface area (Å²) in [5.41, 5.74) is -3.98. The van der Waals surface area contributed by atoms with Crippen molar-refractivity contribution in [2.75, 3.05) is 13.1 Å². The zero-order valence-electron chi connectivity index (χ0n) is 12.5. The average molecular weight is 345 g/mol. The topological polar surface area (TPSA) is 40.5 Å². The van der Waals surface area contributed by atoms with Gasteiger partial charge in [-0.2, -0.15) is 13.2 Å². The van der Waals surface area contributed by atoms with E-state index in [-0.39, 0.29) is 22.6 Å². The molecule has 0 spiro atoms. The number of likely N-dealkylation sites (tertiary alicyclic amines) is 1. The van der Waals surface area contributed by atoms with Crippen molar-refractivity contribution in [3.05, 3.63) is 29.8 Å². The number of carboxylic acids is 1. The highest BCUT2D eigenvalue weighted by atomic mass is 32.2. The predicted octanol–water partition coefficient (Wildman–Crippen LogP) is 3.99. The van der Waals surface area contributed by atoms with E-state index < -0.39 is 16.9 Å². The van der Waals surface area contributed by atoms with E-state index in [4.69, 9.17) is 0 Å². The van der Waals surface area contributed by atoms with Gasteiger partial charge in [-0.15, -0.1) is 0 Å². The first kappa shape index (κ1) is 16.6. The lowest BCUT2D eigenvalue weighted by Crippen LogP contribution is -2.35. The van der Waals surface area contributed by atoms with Gasteiger partial charge in [-0.25, -0.2) is 0 Å². The van der Waals surface area contributed by atoms with Crippen molar-refractivity contribution in [3.8, 4) is 0 Å². The minimum absolute atomic E-state index is 0.122. The number of hydrogen-bond donors (Lipinski definition) is 1. The molecule has 0 unspecified atom stereocenters. The van der Waals surface area contributed by atoms with Crippen LogP contribution in [0.2, 0.25) is 0 Å². The molecule has 1 aliphatic carbocycles. The van der Waals surface area contributed by atoms with Crippen molar-refractivity contribution >= 4 is 17.7 Å². The minimum atomic E-state index is -4.28. The molecule has 0 amide bonds. The number of fused-ring (bicyclic) bond motifs is 1. The average Bonchev–Trinajstić information content (AvgIpc) is 2.97. The Bertz CT molecular complexity index is 590. The molecule has 1 saturated heterocycles. The predicted molar refractivity (Wildman–Crippen MR) is 81.0 cm³/mol. The molecule has 1 aliphatic heterocycles. The summed E-state index contributed by atoms with van der Waals surface area (Å²) in [5, 5.41) is 9.57. The molecule has 0 radical (unpaired) electrons. The van der Waals surface area contributed by atoms with Gasteiger partial charge in [0.15, 0.2) is 0 Å². The van der Waals surface area contributed by atoms with Gasteiger partial charge >= 0.3 is 11.5 Å². The lowest BCUT2D eigenvalue weighted by Gasteiger charge is -2.23. The van der Waals surface area contributed by atoms with E-state index in [0.717, 1.165) is 31.4 Å². The van der Waals surface area contributed by atoms with Crippen LogP contribution in [-0.4, -0.2) is 34.6 Å². The van der Waals surface area contributed by atoms with E-state index in [2.05, 4.69) is 4.90 Å². The van der Waals surface area contributed by atoms with Crippen molar-refractivity contribution in [2.45, 2.75) is 36.2 Å². The normalized spacial score (nSPS) is 28.0. The summed E-state index contributed by atoms with van der Waals surface area (Å²) in [6, 6.07) is 6.32. The maximum atomic E-state index is 12.3. The van der Waals surface area contributed by atoms with Crippen LogP contribution in [0.1, 0.15) is 24.8 Å². The molecule has 3 rings (SSSR count). The Balaban J connectivity index is 1.64. The Labute approximate surface area is 136 Å². The molecule has 1 N–H and O–H groups in total. The quantitative estimate of drug-likeness (QED) is 0.838. The maximum absolute atomic E-state index is 12.3. The van der Waals surface area contributed by atoms with E-state index in [1.165, 1.54) is 12.1 Å². The Hall–Kier alpha value is -1.21. The number of alkyl halides is 3. The number of rotatable bonds is 4. The first-order valence-electron chi connectivity index (χ1n) is 7.59. The lowest BCUT2D eigenvalue weighted by atomic mass is 9.81. The first-order chi connectivity index (χ1) is 10.8. The third-order valence-corrected chi connectivity index (χ3v) is 5.67. The summed E-state index contributed by atoms with van der Waals surface area (Å²) in [4.78, 5) is 13.9. The molecule has 1 aromatic rings. The van der Waals surface area contributed by atoms with Crippen molar-refractivity contribution in [1.82, 2.24) is 4.90 Å². The van der Waals surface area contributed by atoms with Gasteiger partial charge in [0.05, 0.1) is 5.41 Å². The number of benzene rings is 1. The van der Waals surface area contributed by atoms with Crippen LogP contribution in [0.5, 0.6) is 0 Å². The van der Waals surface area contributed by atoms with Crippen LogP contribution in [0.25, 0.3) is 0 Å².